The maximum Gasteiger partial charge on any atom is -0.0238 e. The van der Waals surface area contributed by atoms with E-state index in [1.54, 1.807) is 0 Å². The summed E-state index contributed by atoms with van der Waals surface area (Å²) in [4.78, 5) is 0. The van der Waals surface area contributed by atoms with E-state index in [9.17, 15) is 0 Å². The van der Waals surface area contributed by atoms with Crippen LogP contribution in [-0.2, 0) is 25.7 Å². The van der Waals surface area contributed by atoms with E-state index in [4.69, 9.17) is 0 Å². The van der Waals surface area contributed by atoms with E-state index >= 15 is 0 Å². The highest BCUT2D eigenvalue weighted by Crippen LogP contribution is 2.13. The zero-order chi connectivity index (χ0) is 16.5. The molecule has 24 heavy (non-hydrogen) atoms. The van der Waals surface area contributed by atoms with E-state index in [1.807, 2.05) is 0 Å². The molecule has 0 bridgehead atoms. The van der Waals surface area contributed by atoms with Gasteiger partial charge in [-0.25, -0.2) is 0 Å². The SMILES string of the molecule is c1ccc(CCCCc2cccc(CCc3ccccc3)c2)cc1. The summed E-state index contributed by atoms with van der Waals surface area (Å²) in [6.07, 6.45) is 7.15. The molecule has 3 aromatic carbocycles. The lowest BCUT2D eigenvalue weighted by Gasteiger charge is -2.06. The average molecular weight is 314 g/mol. The van der Waals surface area contributed by atoms with Gasteiger partial charge in [-0.2, -0.15) is 0 Å². The lowest BCUT2D eigenvalue weighted by atomic mass is 9.99. The Kier molecular flexibility index (Phi) is 6.25. The molecule has 122 valence electrons. The van der Waals surface area contributed by atoms with Gasteiger partial charge in [0.25, 0.3) is 0 Å². The normalized spacial score (nSPS) is 10.7. The first-order valence-corrected chi connectivity index (χ1v) is 9.06. The van der Waals surface area contributed by atoms with Crippen molar-refractivity contribution in [2.45, 2.75) is 38.5 Å². The predicted molar refractivity (Wildman–Crippen MR) is 103 cm³/mol. The fraction of sp³-hybridized carbons (Fsp3) is 0.250. The summed E-state index contributed by atoms with van der Waals surface area (Å²) in [5, 5.41) is 0. The van der Waals surface area contributed by atoms with Crippen LogP contribution in [0.1, 0.15) is 35.1 Å². The number of hydrogen-bond donors (Lipinski definition) is 0. The Morgan fingerprint density at radius 2 is 0.792 bits per heavy atom. The van der Waals surface area contributed by atoms with Gasteiger partial charge in [0.2, 0.25) is 0 Å². The molecule has 0 aromatic heterocycles. The third-order valence-electron chi connectivity index (χ3n) is 4.56. The van der Waals surface area contributed by atoms with Crippen LogP contribution >= 0.6 is 0 Å². The maximum atomic E-state index is 2.39. The Bertz CT molecular complexity index is 713. The second-order valence-corrected chi connectivity index (χ2v) is 6.50. The molecule has 0 saturated carbocycles. The van der Waals surface area contributed by atoms with Gasteiger partial charge in [0.1, 0.15) is 0 Å². The van der Waals surface area contributed by atoms with E-state index in [0.29, 0.717) is 0 Å². The largest absolute Gasteiger partial charge is 0.0622 e. The van der Waals surface area contributed by atoms with Crippen molar-refractivity contribution in [3.05, 3.63) is 107 Å². The van der Waals surface area contributed by atoms with Crippen LogP contribution in [0, 0.1) is 0 Å². The zero-order valence-corrected chi connectivity index (χ0v) is 14.3. The van der Waals surface area contributed by atoms with Crippen molar-refractivity contribution in [3.8, 4) is 0 Å². The Morgan fingerprint density at radius 3 is 1.42 bits per heavy atom. The average Bonchev–Trinajstić information content (AvgIpc) is 2.66. The summed E-state index contributed by atoms with van der Waals surface area (Å²) in [5.41, 5.74) is 5.81. The number of benzene rings is 3. The highest BCUT2D eigenvalue weighted by molar-refractivity contribution is 5.25. The van der Waals surface area contributed by atoms with Gasteiger partial charge >= 0.3 is 0 Å². The number of hydrogen-bond acceptors (Lipinski definition) is 0. The van der Waals surface area contributed by atoms with Gasteiger partial charge in [0.05, 0.1) is 0 Å². The molecule has 0 aliphatic carbocycles. The first kappa shape index (κ1) is 16.5. The van der Waals surface area contributed by atoms with Gasteiger partial charge in [0, 0.05) is 0 Å². The molecule has 0 amide bonds. The van der Waals surface area contributed by atoms with Gasteiger partial charge < -0.3 is 0 Å². The topological polar surface area (TPSA) is 0 Å². The van der Waals surface area contributed by atoms with Crippen molar-refractivity contribution < 1.29 is 0 Å². The van der Waals surface area contributed by atoms with Crippen molar-refractivity contribution in [1.82, 2.24) is 0 Å². The third-order valence-corrected chi connectivity index (χ3v) is 4.56. The van der Waals surface area contributed by atoms with E-state index in [2.05, 4.69) is 84.9 Å². The Labute approximate surface area is 146 Å². The van der Waals surface area contributed by atoms with Crippen LogP contribution in [0.3, 0.4) is 0 Å². The highest BCUT2D eigenvalue weighted by atomic mass is 14.0. The molecule has 3 rings (SSSR count). The number of unbranched alkanes of at least 4 members (excludes halogenated alkanes) is 1. The molecule has 0 aliphatic heterocycles. The van der Waals surface area contributed by atoms with Crippen molar-refractivity contribution >= 4 is 0 Å². The summed E-state index contributed by atoms with van der Waals surface area (Å²) >= 11 is 0. The first-order chi connectivity index (χ1) is 11.9. The summed E-state index contributed by atoms with van der Waals surface area (Å²) < 4.78 is 0. The molecule has 0 aliphatic rings. The maximum absolute atomic E-state index is 2.39. The zero-order valence-electron chi connectivity index (χ0n) is 14.3. The predicted octanol–water partition coefficient (Wildman–Crippen LogP) is 6.04. The summed E-state index contributed by atoms with van der Waals surface area (Å²) in [6.45, 7) is 0. The number of rotatable bonds is 8. The minimum absolute atomic E-state index is 1.12. The minimum atomic E-state index is 1.12. The van der Waals surface area contributed by atoms with E-state index in [-0.39, 0.29) is 0 Å². The molecule has 0 atom stereocenters. The lowest BCUT2D eigenvalue weighted by molar-refractivity contribution is 0.733. The summed E-state index contributed by atoms with van der Waals surface area (Å²) in [5.74, 6) is 0. The van der Waals surface area contributed by atoms with Crippen molar-refractivity contribution in [2.24, 2.45) is 0 Å². The van der Waals surface area contributed by atoms with Crippen LogP contribution in [0.4, 0.5) is 0 Å². The molecular weight excluding hydrogens is 288 g/mol. The van der Waals surface area contributed by atoms with Crippen molar-refractivity contribution in [2.75, 3.05) is 0 Å². The second-order valence-electron chi connectivity index (χ2n) is 6.50. The molecule has 0 saturated heterocycles. The van der Waals surface area contributed by atoms with Gasteiger partial charge in [-0.05, 0) is 60.8 Å². The molecule has 0 radical (unpaired) electrons. The van der Waals surface area contributed by atoms with Crippen molar-refractivity contribution in [3.63, 3.8) is 0 Å². The Hall–Kier alpha value is -2.34. The van der Waals surface area contributed by atoms with Crippen LogP contribution in [0.2, 0.25) is 0 Å². The van der Waals surface area contributed by atoms with Gasteiger partial charge in [-0.1, -0.05) is 84.9 Å². The molecule has 0 fully saturated rings. The fourth-order valence-electron chi connectivity index (χ4n) is 3.18. The van der Waals surface area contributed by atoms with Crippen LogP contribution in [0.5, 0.6) is 0 Å². The third kappa shape index (κ3) is 5.38. The molecule has 0 heteroatoms. The van der Waals surface area contributed by atoms with Gasteiger partial charge in [-0.15, -0.1) is 0 Å². The molecular formula is C24H26. The molecule has 0 spiro atoms. The van der Waals surface area contributed by atoms with E-state index < -0.39 is 0 Å². The summed E-state index contributed by atoms with van der Waals surface area (Å²) in [6, 6.07) is 30.7. The number of aryl methyl sites for hydroxylation is 4. The Balaban J connectivity index is 1.45. The standard InChI is InChI=1S/C24H26/c1-3-10-21(11-4-1)14-7-8-15-23-16-9-17-24(20-23)19-18-22-12-5-2-6-13-22/h1-6,9-13,16-17,20H,7-8,14-15,18-19H2. The van der Waals surface area contributed by atoms with Crippen molar-refractivity contribution in [1.29, 1.82) is 0 Å². The smallest absolute Gasteiger partial charge is 0.0238 e. The second kappa shape index (κ2) is 9.08. The molecule has 0 unspecified atom stereocenters. The van der Waals surface area contributed by atoms with Gasteiger partial charge in [-0.3, -0.25) is 0 Å². The fourth-order valence-corrected chi connectivity index (χ4v) is 3.18. The van der Waals surface area contributed by atoms with Crippen LogP contribution in [-0.4, -0.2) is 0 Å². The molecule has 0 N–H and O–H groups in total. The van der Waals surface area contributed by atoms with Crippen LogP contribution in [0.15, 0.2) is 84.9 Å². The van der Waals surface area contributed by atoms with Crippen LogP contribution < -0.4 is 0 Å². The summed E-state index contributed by atoms with van der Waals surface area (Å²) in [7, 11) is 0. The molecule has 0 nitrogen and oxygen atoms in total. The lowest BCUT2D eigenvalue weighted by Crippen LogP contribution is -1.94. The Morgan fingerprint density at radius 1 is 0.375 bits per heavy atom. The minimum Gasteiger partial charge on any atom is -0.0622 e. The quantitative estimate of drug-likeness (QED) is 0.445. The first-order valence-electron chi connectivity index (χ1n) is 9.06. The molecule has 0 heterocycles. The van der Waals surface area contributed by atoms with E-state index in [1.165, 1.54) is 47.9 Å². The van der Waals surface area contributed by atoms with Gasteiger partial charge in [0.15, 0.2) is 0 Å². The molecule has 3 aromatic rings. The van der Waals surface area contributed by atoms with Crippen LogP contribution in [0.25, 0.3) is 0 Å². The monoisotopic (exact) mass is 314 g/mol. The van der Waals surface area contributed by atoms with E-state index in [0.717, 1.165) is 12.8 Å². The highest BCUT2D eigenvalue weighted by Gasteiger charge is 1.99.